The molecule has 34 heavy (non-hydrogen) atoms. The number of pyridine rings is 1. The van der Waals surface area contributed by atoms with E-state index in [9.17, 15) is 5.11 Å². The van der Waals surface area contributed by atoms with Gasteiger partial charge in [0.2, 0.25) is 0 Å². The highest BCUT2D eigenvalue weighted by molar-refractivity contribution is 5.79. The first kappa shape index (κ1) is 20.2. The molecular formula is C31H30N2O. The second-order valence-electron chi connectivity index (χ2n) is 10.6. The number of phenols is 1. The predicted octanol–water partition coefficient (Wildman–Crippen LogP) is 5.47. The molecule has 0 spiro atoms. The van der Waals surface area contributed by atoms with E-state index >= 15 is 0 Å². The second kappa shape index (κ2) is 7.68. The molecule has 7 rings (SSSR count). The van der Waals surface area contributed by atoms with Gasteiger partial charge in [-0.05, 0) is 84.7 Å². The highest BCUT2D eigenvalue weighted by Gasteiger charge is 2.55. The lowest BCUT2D eigenvalue weighted by Crippen LogP contribution is -2.62. The van der Waals surface area contributed by atoms with E-state index in [4.69, 9.17) is 4.98 Å². The first-order chi connectivity index (χ1) is 16.7. The van der Waals surface area contributed by atoms with Gasteiger partial charge >= 0.3 is 0 Å². The van der Waals surface area contributed by atoms with E-state index in [1.165, 1.54) is 33.3 Å². The Morgan fingerprint density at radius 3 is 2.68 bits per heavy atom. The first-order valence-corrected chi connectivity index (χ1v) is 12.7. The van der Waals surface area contributed by atoms with Crippen molar-refractivity contribution in [1.82, 2.24) is 9.88 Å². The molecule has 3 nitrogen and oxygen atoms in total. The summed E-state index contributed by atoms with van der Waals surface area (Å²) in [6, 6.07) is 28.5. The van der Waals surface area contributed by atoms with Gasteiger partial charge in [0, 0.05) is 35.5 Å². The zero-order chi connectivity index (χ0) is 22.7. The van der Waals surface area contributed by atoms with E-state index in [1.807, 2.05) is 6.07 Å². The van der Waals surface area contributed by atoms with Crippen LogP contribution in [0.1, 0.15) is 34.4 Å². The van der Waals surface area contributed by atoms with Crippen LogP contribution in [0.15, 0.2) is 78.9 Å². The van der Waals surface area contributed by atoms with Gasteiger partial charge in [0.25, 0.3) is 0 Å². The largest absolute Gasteiger partial charge is 0.508 e. The number of aromatic hydroxyl groups is 1. The van der Waals surface area contributed by atoms with E-state index in [0.717, 1.165) is 50.7 Å². The number of para-hydroxylation sites is 1. The molecule has 0 unspecified atom stereocenters. The number of piperidine rings is 1. The predicted molar refractivity (Wildman–Crippen MR) is 136 cm³/mol. The molecular weight excluding hydrogens is 416 g/mol. The molecule has 0 saturated carbocycles. The molecule has 2 aliphatic carbocycles. The summed E-state index contributed by atoms with van der Waals surface area (Å²) >= 11 is 0. The SMILES string of the molecule is Oc1ccc2c(c1)[C@]13CCN(CCc4ccccc4)[C@H](C2)[C@@H]1Cc1cc2ccccc2nc1C3. The number of likely N-dealkylation sites (tertiary alicyclic amines) is 1. The third kappa shape index (κ3) is 3.10. The van der Waals surface area contributed by atoms with Crippen LogP contribution in [0.25, 0.3) is 10.9 Å². The number of hydrogen-bond donors (Lipinski definition) is 1. The van der Waals surface area contributed by atoms with Gasteiger partial charge in [0.15, 0.2) is 0 Å². The maximum Gasteiger partial charge on any atom is 0.115 e. The highest BCUT2D eigenvalue weighted by atomic mass is 16.3. The van der Waals surface area contributed by atoms with Crippen LogP contribution in [0, 0.1) is 5.92 Å². The monoisotopic (exact) mass is 446 g/mol. The van der Waals surface area contributed by atoms with E-state index in [0.29, 0.717) is 17.7 Å². The van der Waals surface area contributed by atoms with Crippen molar-refractivity contribution in [3.8, 4) is 5.75 Å². The lowest BCUT2D eigenvalue weighted by Gasteiger charge is -2.59. The fraction of sp³-hybridized carbons (Fsp3) is 0.323. The summed E-state index contributed by atoms with van der Waals surface area (Å²) in [5, 5.41) is 11.7. The summed E-state index contributed by atoms with van der Waals surface area (Å²) in [6.07, 6.45) is 5.37. The Morgan fingerprint density at radius 2 is 1.76 bits per heavy atom. The minimum absolute atomic E-state index is 0.0721. The molecule has 2 bridgehead atoms. The third-order valence-electron chi connectivity index (χ3n) is 8.89. The average molecular weight is 447 g/mol. The van der Waals surface area contributed by atoms with Crippen molar-refractivity contribution in [3.63, 3.8) is 0 Å². The van der Waals surface area contributed by atoms with Crippen LogP contribution >= 0.6 is 0 Å². The van der Waals surface area contributed by atoms with E-state index < -0.39 is 0 Å². The van der Waals surface area contributed by atoms with Gasteiger partial charge in [-0.2, -0.15) is 0 Å². The van der Waals surface area contributed by atoms with Gasteiger partial charge in [-0.15, -0.1) is 0 Å². The maximum atomic E-state index is 10.4. The Morgan fingerprint density at radius 1 is 0.912 bits per heavy atom. The van der Waals surface area contributed by atoms with Crippen LogP contribution in [0.3, 0.4) is 0 Å². The van der Waals surface area contributed by atoms with Crippen LogP contribution in [-0.4, -0.2) is 34.1 Å². The van der Waals surface area contributed by atoms with Crippen molar-refractivity contribution in [2.75, 3.05) is 13.1 Å². The molecule has 1 fully saturated rings. The highest BCUT2D eigenvalue weighted by Crippen LogP contribution is 2.55. The molecule has 1 aromatic heterocycles. The van der Waals surface area contributed by atoms with Gasteiger partial charge in [-0.25, -0.2) is 0 Å². The lowest BCUT2D eigenvalue weighted by molar-refractivity contribution is 0.00799. The molecule has 3 aromatic carbocycles. The van der Waals surface area contributed by atoms with Crippen molar-refractivity contribution >= 4 is 10.9 Å². The van der Waals surface area contributed by atoms with Crippen molar-refractivity contribution < 1.29 is 5.11 Å². The van der Waals surface area contributed by atoms with Crippen LogP contribution in [-0.2, 0) is 31.1 Å². The van der Waals surface area contributed by atoms with Crippen molar-refractivity contribution in [1.29, 1.82) is 0 Å². The molecule has 4 aromatic rings. The Hall–Kier alpha value is -3.17. The Bertz CT molecular complexity index is 1380. The minimum Gasteiger partial charge on any atom is -0.508 e. The van der Waals surface area contributed by atoms with Crippen molar-refractivity contribution in [2.45, 2.75) is 43.6 Å². The average Bonchev–Trinajstić information content (AvgIpc) is 2.87. The van der Waals surface area contributed by atoms with Crippen molar-refractivity contribution in [2.24, 2.45) is 5.92 Å². The van der Waals surface area contributed by atoms with Crippen molar-refractivity contribution in [3.05, 3.63) is 107 Å². The van der Waals surface area contributed by atoms with Crippen LogP contribution < -0.4 is 0 Å². The summed E-state index contributed by atoms with van der Waals surface area (Å²) in [4.78, 5) is 7.93. The molecule has 2 heterocycles. The first-order valence-electron chi connectivity index (χ1n) is 12.7. The molecule has 0 radical (unpaired) electrons. The topological polar surface area (TPSA) is 36.4 Å². The molecule has 3 atom stereocenters. The number of phenolic OH excluding ortho intramolecular Hbond substituents is 1. The van der Waals surface area contributed by atoms with Gasteiger partial charge in [0.05, 0.1) is 5.52 Å². The van der Waals surface area contributed by atoms with Gasteiger partial charge < -0.3 is 5.11 Å². The van der Waals surface area contributed by atoms with Gasteiger partial charge in [0.1, 0.15) is 5.75 Å². The Balaban J connectivity index is 1.31. The molecule has 0 amide bonds. The number of fused-ring (bicyclic) bond motifs is 3. The minimum atomic E-state index is 0.0721. The smallest absolute Gasteiger partial charge is 0.115 e. The van der Waals surface area contributed by atoms with E-state index in [1.54, 1.807) is 0 Å². The fourth-order valence-electron chi connectivity index (χ4n) is 7.26. The van der Waals surface area contributed by atoms with E-state index in [2.05, 4.69) is 77.7 Å². The molecule has 170 valence electrons. The standard InChI is InChI=1S/C31H30N2O/c34-25-11-10-22-18-30-27-17-24-16-23-8-4-5-9-28(23)32-29(24)20-31(27,26(22)19-25)13-15-33(30)14-12-21-6-2-1-3-7-21/h1-11,16,19,27,30,34H,12-15,17-18,20H2/t27-,30+,31+/m0/s1. The maximum absolute atomic E-state index is 10.4. The van der Waals surface area contributed by atoms with Crippen LogP contribution in [0.5, 0.6) is 5.75 Å². The van der Waals surface area contributed by atoms with Gasteiger partial charge in [-0.1, -0.05) is 54.6 Å². The van der Waals surface area contributed by atoms with Gasteiger partial charge in [-0.3, -0.25) is 9.88 Å². The zero-order valence-electron chi connectivity index (χ0n) is 19.5. The second-order valence-corrected chi connectivity index (χ2v) is 10.6. The van der Waals surface area contributed by atoms with Crippen LogP contribution in [0.2, 0.25) is 0 Å². The van der Waals surface area contributed by atoms with E-state index in [-0.39, 0.29) is 5.41 Å². The molecule has 1 saturated heterocycles. The number of benzene rings is 3. The molecule has 3 aliphatic rings. The Labute approximate surface area is 201 Å². The number of nitrogens with zero attached hydrogens (tertiary/aromatic N) is 2. The molecule has 1 N–H and O–H groups in total. The summed E-state index contributed by atoms with van der Waals surface area (Å²) in [6.45, 7) is 2.23. The third-order valence-corrected chi connectivity index (χ3v) is 8.89. The normalized spacial score (nSPS) is 25.4. The molecule has 1 aliphatic heterocycles. The summed E-state index contributed by atoms with van der Waals surface area (Å²) in [5.41, 5.74) is 8.10. The Kier molecular flexibility index (Phi) is 4.57. The number of aromatic nitrogens is 1. The fourth-order valence-corrected chi connectivity index (χ4v) is 7.26. The number of rotatable bonds is 3. The summed E-state index contributed by atoms with van der Waals surface area (Å²) < 4.78 is 0. The van der Waals surface area contributed by atoms with Crippen LogP contribution in [0.4, 0.5) is 0 Å². The lowest BCUT2D eigenvalue weighted by atomic mass is 9.52. The summed E-state index contributed by atoms with van der Waals surface area (Å²) in [5.74, 6) is 0.955. The molecule has 3 heteroatoms. The summed E-state index contributed by atoms with van der Waals surface area (Å²) in [7, 11) is 0. The quantitative estimate of drug-likeness (QED) is 0.454. The number of hydrogen-bond acceptors (Lipinski definition) is 3. The zero-order valence-corrected chi connectivity index (χ0v) is 19.5.